The zero-order valence-corrected chi connectivity index (χ0v) is 22.1. The predicted octanol–water partition coefficient (Wildman–Crippen LogP) is 3.77. The van der Waals surface area contributed by atoms with Gasteiger partial charge in [-0.1, -0.05) is 27.0 Å². The minimum Gasteiger partial charge on any atom is -0.464 e. The van der Waals surface area contributed by atoms with E-state index in [1.165, 1.54) is 11.3 Å². The van der Waals surface area contributed by atoms with E-state index in [4.69, 9.17) is 4.74 Å². The molecule has 0 spiro atoms. The van der Waals surface area contributed by atoms with E-state index >= 15 is 0 Å². The average Bonchev–Trinajstić information content (AvgIpc) is 3.29. The first kappa shape index (κ1) is 29.8. The normalized spacial score (nSPS) is 17.1. The molecule has 1 aromatic heterocycles. The van der Waals surface area contributed by atoms with Crippen molar-refractivity contribution in [3.05, 3.63) is 40.6 Å². The van der Waals surface area contributed by atoms with E-state index in [1.54, 1.807) is 5.38 Å². The first-order valence-electron chi connectivity index (χ1n) is 11.4. The summed E-state index contributed by atoms with van der Waals surface area (Å²) in [5.41, 5.74) is -0.899. The number of nitrogens with zero attached hydrogens (tertiary/aromatic N) is 1. The molecule has 0 aromatic carbocycles. The van der Waals surface area contributed by atoms with Gasteiger partial charge in [-0.25, -0.2) is 14.6 Å². The number of amides is 3. The molecule has 0 saturated heterocycles. The third-order valence-corrected chi connectivity index (χ3v) is 5.79. The molecule has 0 atom stereocenters. The minimum atomic E-state index is -0.803. The molecule has 0 aliphatic heterocycles. The Bertz CT molecular complexity index is 942. The van der Waals surface area contributed by atoms with Crippen LogP contribution in [0.5, 0.6) is 0 Å². The monoisotopic (exact) mass is 508 g/mol. The van der Waals surface area contributed by atoms with Crippen LogP contribution in [0, 0.1) is 0 Å². The fourth-order valence-corrected chi connectivity index (χ4v) is 4.15. The Morgan fingerprint density at radius 1 is 1.03 bits per heavy atom. The summed E-state index contributed by atoms with van der Waals surface area (Å²) in [7, 11) is 1.15. The lowest BCUT2D eigenvalue weighted by molar-refractivity contribution is -0.137. The molecule has 1 aromatic rings. The number of esters is 1. The molecule has 1 aliphatic rings. The lowest BCUT2D eigenvalue weighted by Gasteiger charge is -2.29. The van der Waals surface area contributed by atoms with E-state index < -0.39 is 29.5 Å². The van der Waals surface area contributed by atoms with Gasteiger partial charge >= 0.3 is 12.1 Å². The van der Waals surface area contributed by atoms with Crippen molar-refractivity contribution in [3.8, 4) is 0 Å². The van der Waals surface area contributed by atoms with Crippen molar-refractivity contribution in [2.45, 2.75) is 77.9 Å². The van der Waals surface area contributed by atoms with Gasteiger partial charge in [-0.2, -0.15) is 0 Å². The summed E-state index contributed by atoms with van der Waals surface area (Å²) in [6, 6.07) is 0.0420. The van der Waals surface area contributed by atoms with Gasteiger partial charge < -0.3 is 25.4 Å². The van der Waals surface area contributed by atoms with Crippen LogP contribution in [0.25, 0.3) is 0 Å². The molecule has 0 radical (unpaired) electrons. The Labute approximate surface area is 210 Å². The van der Waals surface area contributed by atoms with Crippen LogP contribution in [0.3, 0.4) is 0 Å². The van der Waals surface area contributed by atoms with Gasteiger partial charge in [0.1, 0.15) is 17.0 Å². The van der Waals surface area contributed by atoms with Gasteiger partial charge in [0.05, 0.1) is 17.8 Å². The zero-order valence-electron chi connectivity index (χ0n) is 21.3. The highest BCUT2D eigenvalue weighted by atomic mass is 32.1. The van der Waals surface area contributed by atoms with E-state index in [9.17, 15) is 19.2 Å². The summed E-state index contributed by atoms with van der Waals surface area (Å²) in [6.07, 6.45) is 2.79. The molecule has 10 nitrogen and oxygen atoms in total. The standard InChI is InChI=1S/C22H30N4O6S.C2H6/c1-12(17(27)24-13(2)20(29)31-6)23-18(28)16-11-33-19(26-16)14-7-9-15(10-8-14)25-21(30)32-22(3,4)5;1-2/h11,14-15H,1-2,7-10H2,3-6H3,(H,23,28)(H,24,27)(H,25,30);1-2H3. The molecular formula is C24H36N4O6S. The number of hydrogen-bond donors (Lipinski definition) is 3. The van der Waals surface area contributed by atoms with E-state index in [-0.39, 0.29) is 29.0 Å². The number of aromatic nitrogens is 1. The number of thiazole rings is 1. The number of nitrogens with one attached hydrogen (secondary N) is 3. The van der Waals surface area contributed by atoms with Crippen LogP contribution < -0.4 is 16.0 Å². The second kappa shape index (κ2) is 13.6. The molecule has 1 fully saturated rings. The Hall–Kier alpha value is -3.21. The quantitative estimate of drug-likeness (QED) is 0.377. The molecule has 11 heteroatoms. The van der Waals surface area contributed by atoms with Crippen molar-refractivity contribution in [2.24, 2.45) is 0 Å². The lowest BCUT2D eigenvalue weighted by atomic mass is 9.86. The van der Waals surface area contributed by atoms with Crippen molar-refractivity contribution in [3.63, 3.8) is 0 Å². The Kier molecular flexibility index (Phi) is 11.6. The lowest BCUT2D eigenvalue weighted by Crippen LogP contribution is -2.40. The van der Waals surface area contributed by atoms with Crippen LogP contribution in [-0.4, -0.2) is 47.6 Å². The minimum absolute atomic E-state index is 0.0420. The largest absolute Gasteiger partial charge is 0.464 e. The van der Waals surface area contributed by atoms with Crippen LogP contribution >= 0.6 is 11.3 Å². The van der Waals surface area contributed by atoms with Gasteiger partial charge in [0.25, 0.3) is 11.8 Å². The van der Waals surface area contributed by atoms with Crippen LogP contribution in [0.1, 0.15) is 81.7 Å². The molecule has 1 aliphatic carbocycles. The Morgan fingerprint density at radius 2 is 1.63 bits per heavy atom. The molecule has 1 saturated carbocycles. The van der Waals surface area contributed by atoms with Crippen molar-refractivity contribution < 1.29 is 28.7 Å². The first-order valence-corrected chi connectivity index (χ1v) is 12.3. The number of ether oxygens (including phenoxy) is 2. The molecule has 35 heavy (non-hydrogen) atoms. The number of carbonyl (C=O) groups excluding carboxylic acids is 4. The van der Waals surface area contributed by atoms with Crippen molar-refractivity contribution in [1.29, 1.82) is 0 Å². The second-order valence-electron chi connectivity index (χ2n) is 8.62. The average molecular weight is 509 g/mol. The smallest absolute Gasteiger partial charge is 0.407 e. The highest BCUT2D eigenvalue weighted by Gasteiger charge is 2.28. The fraction of sp³-hybridized carbons (Fsp3) is 0.542. The maximum absolute atomic E-state index is 12.4. The van der Waals surface area contributed by atoms with Gasteiger partial charge in [-0.15, -0.1) is 11.3 Å². The molecule has 194 valence electrons. The molecule has 0 bridgehead atoms. The number of carbonyl (C=O) groups is 4. The highest BCUT2D eigenvalue weighted by Crippen LogP contribution is 2.34. The van der Waals surface area contributed by atoms with Crippen LogP contribution in [0.4, 0.5) is 4.79 Å². The summed E-state index contributed by atoms with van der Waals surface area (Å²) in [5, 5.41) is 9.91. The first-order chi connectivity index (χ1) is 16.4. The summed E-state index contributed by atoms with van der Waals surface area (Å²) in [5.74, 6) is -1.99. The van der Waals surface area contributed by atoms with Crippen molar-refractivity contribution in [2.75, 3.05) is 7.11 Å². The molecule has 3 N–H and O–H groups in total. The van der Waals surface area contributed by atoms with E-state index in [2.05, 4.69) is 38.8 Å². The van der Waals surface area contributed by atoms with Crippen LogP contribution in [-0.2, 0) is 19.1 Å². The maximum Gasteiger partial charge on any atom is 0.407 e. The number of alkyl carbamates (subject to hydrolysis) is 1. The predicted molar refractivity (Wildman–Crippen MR) is 134 cm³/mol. The third kappa shape index (κ3) is 9.89. The molecule has 1 heterocycles. The maximum atomic E-state index is 12.4. The fourth-order valence-electron chi connectivity index (χ4n) is 3.18. The van der Waals surface area contributed by atoms with Crippen LogP contribution in [0.2, 0.25) is 0 Å². The van der Waals surface area contributed by atoms with E-state index in [0.717, 1.165) is 37.8 Å². The summed E-state index contributed by atoms with van der Waals surface area (Å²) >= 11 is 1.37. The number of rotatable bonds is 7. The molecule has 3 amide bonds. The number of methoxy groups -OCH3 is 1. The van der Waals surface area contributed by atoms with Crippen LogP contribution in [0.15, 0.2) is 29.9 Å². The van der Waals surface area contributed by atoms with Crippen molar-refractivity contribution >= 4 is 35.2 Å². The second-order valence-corrected chi connectivity index (χ2v) is 9.51. The molecular weight excluding hydrogens is 472 g/mol. The Morgan fingerprint density at radius 3 is 2.17 bits per heavy atom. The number of hydrogen-bond acceptors (Lipinski definition) is 8. The van der Waals surface area contributed by atoms with Crippen molar-refractivity contribution in [1.82, 2.24) is 20.9 Å². The van der Waals surface area contributed by atoms with Gasteiger partial charge in [0.15, 0.2) is 0 Å². The van der Waals surface area contributed by atoms with E-state index in [1.807, 2.05) is 34.6 Å². The highest BCUT2D eigenvalue weighted by molar-refractivity contribution is 7.09. The van der Waals surface area contributed by atoms with Gasteiger partial charge in [-0.3, -0.25) is 9.59 Å². The van der Waals surface area contributed by atoms with E-state index in [0.29, 0.717) is 0 Å². The molecule has 2 rings (SSSR count). The molecule has 0 unspecified atom stereocenters. The van der Waals surface area contributed by atoms with Gasteiger partial charge in [0.2, 0.25) is 0 Å². The summed E-state index contributed by atoms with van der Waals surface area (Å²) in [6.45, 7) is 16.3. The SMILES string of the molecule is C=C(NC(=O)c1csc(C2CCC(NC(=O)OC(C)(C)C)CC2)n1)C(=O)NC(=C)C(=O)OC.CC. The summed E-state index contributed by atoms with van der Waals surface area (Å²) in [4.78, 5) is 52.1. The topological polar surface area (TPSA) is 136 Å². The van der Waals surface area contributed by atoms with Gasteiger partial charge in [0, 0.05) is 17.3 Å². The summed E-state index contributed by atoms with van der Waals surface area (Å²) < 4.78 is 9.74. The zero-order chi connectivity index (χ0) is 26.8. The van der Waals surface area contributed by atoms with Gasteiger partial charge in [-0.05, 0) is 46.5 Å². The third-order valence-electron chi connectivity index (χ3n) is 4.79. The Balaban J connectivity index is 0.00000298.